The normalized spacial score (nSPS) is 19.1. The first kappa shape index (κ1) is 18.1. The molecule has 4 heterocycles. The Kier molecular flexibility index (Phi) is 4.44. The van der Waals surface area contributed by atoms with E-state index in [4.69, 9.17) is 4.74 Å². The molecular weight excluding hydrogens is 388 g/mol. The summed E-state index contributed by atoms with van der Waals surface area (Å²) in [5.41, 5.74) is 2.97. The number of hydrogen-bond acceptors (Lipinski definition) is 6. The summed E-state index contributed by atoms with van der Waals surface area (Å²) in [7, 11) is -3.50. The molecule has 0 amide bonds. The van der Waals surface area contributed by atoms with Crippen LogP contribution >= 0.6 is 0 Å². The predicted octanol–water partition coefficient (Wildman–Crippen LogP) is 3.32. The van der Waals surface area contributed by atoms with Crippen molar-refractivity contribution >= 4 is 32.4 Å². The third-order valence-corrected chi connectivity index (χ3v) is 7.31. The lowest BCUT2D eigenvalue weighted by Gasteiger charge is -2.30. The molecule has 1 aromatic carbocycles. The van der Waals surface area contributed by atoms with Crippen molar-refractivity contribution in [1.82, 2.24) is 14.3 Å². The van der Waals surface area contributed by atoms with Crippen molar-refractivity contribution in [1.29, 1.82) is 0 Å². The molecule has 0 radical (unpaired) electrons. The van der Waals surface area contributed by atoms with Crippen molar-refractivity contribution in [2.24, 2.45) is 0 Å². The maximum absolute atomic E-state index is 12.8. The molecule has 0 spiro atoms. The largest absolute Gasteiger partial charge is 0.481 e. The number of benzene rings is 1. The van der Waals surface area contributed by atoms with Crippen molar-refractivity contribution in [3.8, 4) is 0 Å². The second-order valence-corrected chi connectivity index (χ2v) is 9.21. The molecule has 0 saturated carbocycles. The standard InChI is InChI=1S/C21H20N4O3S/c26-29(27,20-6-3-11-28-20)25-10-8-18-16(14-25)7-9-22-21(18)24-17-12-15-4-1-2-5-19(15)23-13-17/h1-5,7,9,11-13,20H,6,8,10,14H2,(H,22,24). The van der Waals surface area contributed by atoms with Gasteiger partial charge >= 0.3 is 0 Å². The Labute approximate surface area is 169 Å². The highest BCUT2D eigenvalue weighted by molar-refractivity contribution is 7.89. The van der Waals surface area contributed by atoms with E-state index in [0.717, 1.165) is 33.5 Å². The molecule has 1 N–H and O–H groups in total. The number of fused-ring (bicyclic) bond motifs is 2. The van der Waals surface area contributed by atoms with Gasteiger partial charge in [-0.3, -0.25) is 4.98 Å². The molecule has 2 aliphatic heterocycles. The van der Waals surface area contributed by atoms with Crippen LogP contribution in [0.3, 0.4) is 0 Å². The number of sulfonamides is 1. The number of hydrogen-bond donors (Lipinski definition) is 1. The Morgan fingerprint density at radius 2 is 2.07 bits per heavy atom. The Balaban J connectivity index is 1.40. The molecule has 3 aromatic rings. The predicted molar refractivity (Wildman–Crippen MR) is 111 cm³/mol. The van der Waals surface area contributed by atoms with Crippen LogP contribution in [0.2, 0.25) is 0 Å². The average molecular weight is 408 g/mol. The lowest BCUT2D eigenvalue weighted by Crippen LogP contribution is -2.41. The molecule has 0 saturated heterocycles. The van der Waals surface area contributed by atoms with Crippen LogP contribution in [-0.4, -0.2) is 34.7 Å². The molecule has 2 aliphatic rings. The van der Waals surface area contributed by atoms with Crippen molar-refractivity contribution < 1.29 is 13.2 Å². The summed E-state index contributed by atoms with van der Waals surface area (Å²) in [5.74, 6) is 0.746. The van der Waals surface area contributed by atoms with E-state index >= 15 is 0 Å². The van der Waals surface area contributed by atoms with Crippen LogP contribution < -0.4 is 5.32 Å². The molecule has 148 valence electrons. The van der Waals surface area contributed by atoms with Gasteiger partial charge < -0.3 is 10.1 Å². The SMILES string of the molecule is O=S(=O)(C1CC=CO1)N1CCc2c(ccnc2Nc2cnc3ccccc3c2)C1. The lowest BCUT2D eigenvalue weighted by atomic mass is 10.0. The van der Waals surface area contributed by atoms with Gasteiger partial charge in [0.25, 0.3) is 10.0 Å². The minimum atomic E-state index is -3.50. The van der Waals surface area contributed by atoms with Gasteiger partial charge in [-0.2, -0.15) is 4.31 Å². The van der Waals surface area contributed by atoms with Crippen LogP contribution in [0.25, 0.3) is 10.9 Å². The highest BCUT2D eigenvalue weighted by Gasteiger charge is 2.36. The highest BCUT2D eigenvalue weighted by Crippen LogP contribution is 2.30. The molecule has 8 heteroatoms. The molecule has 0 fully saturated rings. The molecule has 1 unspecified atom stereocenters. The second-order valence-electron chi connectivity index (χ2n) is 7.14. The molecule has 0 aliphatic carbocycles. The zero-order valence-electron chi connectivity index (χ0n) is 15.7. The van der Waals surface area contributed by atoms with Gasteiger partial charge in [0.2, 0.25) is 5.44 Å². The first-order valence-corrected chi connectivity index (χ1v) is 11.0. The van der Waals surface area contributed by atoms with Crippen molar-refractivity contribution in [3.05, 3.63) is 72.3 Å². The first-order valence-electron chi connectivity index (χ1n) is 9.49. The van der Waals surface area contributed by atoms with E-state index in [1.807, 2.05) is 36.4 Å². The summed E-state index contributed by atoms with van der Waals surface area (Å²) < 4.78 is 32.4. The molecular formula is C21H20N4O3S. The van der Waals surface area contributed by atoms with Gasteiger partial charge in [-0.1, -0.05) is 18.2 Å². The van der Waals surface area contributed by atoms with Crippen molar-refractivity contribution in [3.63, 3.8) is 0 Å². The van der Waals surface area contributed by atoms with Gasteiger partial charge in [-0.15, -0.1) is 0 Å². The maximum atomic E-state index is 12.8. The number of nitrogens with one attached hydrogen (secondary N) is 1. The van der Waals surface area contributed by atoms with E-state index in [0.29, 0.717) is 25.9 Å². The average Bonchev–Trinajstić information content (AvgIpc) is 3.29. The van der Waals surface area contributed by atoms with E-state index in [1.54, 1.807) is 18.5 Å². The van der Waals surface area contributed by atoms with Crippen molar-refractivity contribution in [2.75, 3.05) is 11.9 Å². The number of anilines is 2. The number of aromatic nitrogens is 2. The number of rotatable bonds is 4. The second kappa shape index (κ2) is 7.13. The van der Waals surface area contributed by atoms with E-state index < -0.39 is 15.5 Å². The summed E-state index contributed by atoms with van der Waals surface area (Å²) in [6.07, 6.45) is 7.68. The summed E-state index contributed by atoms with van der Waals surface area (Å²) in [6, 6.07) is 11.9. The van der Waals surface area contributed by atoms with Gasteiger partial charge in [0.05, 0.1) is 23.7 Å². The number of pyridine rings is 2. The van der Waals surface area contributed by atoms with E-state index in [1.165, 1.54) is 10.6 Å². The molecule has 7 nitrogen and oxygen atoms in total. The quantitative estimate of drug-likeness (QED) is 0.713. The summed E-state index contributed by atoms with van der Waals surface area (Å²) in [4.78, 5) is 8.97. The number of ether oxygens (including phenoxy) is 1. The lowest BCUT2D eigenvalue weighted by molar-refractivity contribution is 0.223. The monoisotopic (exact) mass is 408 g/mol. The summed E-state index contributed by atoms with van der Waals surface area (Å²) in [6.45, 7) is 0.732. The fraction of sp³-hybridized carbons (Fsp3) is 0.238. The minimum absolute atomic E-state index is 0.324. The van der Waals surface area contributed by atoms with Gasteiger partial charge in [-0.05, 0) is 36.3 Å². The molecule has 1 atom stereocenters. The maximum Gasteiger partial charge on any atom is 0.252 e. The number of nitrogens with zero attached hydrogens (tertiary/aromatic N) is 3. The Hall–Kier alpha value is -2.97. The van der Waals surface area contributed by atoms with Crippen LogP contribution in [0.4, 0.5) is 11.5 Å². The third kappa shape index (κ3) is 3.34. The fourth-order valence-electron chi connectivity index (χ4n) is 3.79. The summed E-state index contributed by atoms with van der Waals surface area (Å²) in [5, 5.41) is 4.40. The zero-order valence-corrected chi connectivity index (χ0v) is 16.5. The smallest absolute Gasteiger partial charge is 0.252 e. The third-order valence-electron chi connectivity index (χ3n) is 5.31. The zero-order chi connectivity index (χ0) is 19.8. The molecule has 5 rings (SSSR count). The van der Waals surface area contributed by atoms with Crippen LogP contribution in [0, 0.1) is 0 Å². The number of para-hydroxylation sites is 1. The van der Waals surface area contributed by atoms with Crippen LogP contribution in [0.1, 0.15) is 17.5 Å². The van der Waals surface area contributed by atoms with Gasteiger partial charge in [0.1, 0.15) is 5.82 Å². The van der Waals surface area contributed by atoms with Gasteiger partial charge in [0.15, 0.2) is 0 Å². The molecule has 29 heavy (non-hydrogen) atoms. The summed E-state index contributed by atoms with van der Waals surface area (Å²) >= 11 is 0. The van der Waals surface area contributed by atoms with E-state index in [2.05, 4.69) is 15.3 Å². The van der Waals surface area contributed by atoms with E-state index in [-0.39, 0.29) is 0 Å². The highest BCUT2D eigenvalue weighted by atomic mass is 32.2. The van der Waals surface area contributed by atoms with Crippen LogP contribution in [0.5, 0.6) is 0 Å². The minimum Gasteiger partial charge on any atom is -0.481 e. The van der Waals surface area contributed by atoms with Gasteiger partial charge in [-0.25, -0.2) is 13.4 Å². The Bertz CT molecular complexity index is 1200. The van der Waals surface area contributed by atoms with Crippen molar-refractivity contribution in [2.45, 2.75) is 24.8 Å². The molecule has 2 aromatic heterocycles. The van der Waals surface area contributed by atoms with Crippen LogP contribution in [0.15, 0.2) is 61.1 Å². The Morgan fingerprint density at radius 3 is 2.93 bits per heavy atom. The van der Waals surface area contributed by atoms with Gasteiger partial charge in [0, 0.05) is 36.7 Å². The van der Waals surface area contributed by atoms with E-state index in [9.17, 15) is 8.42 Å². The first-order chi connectivity index (χ1) is 14.1. The molecule has 0 bridgehead atoms. The topological polar surface area (TPSA) is 84.4 Å². The Morgan fingerprint density at radius 1 is 1.17 bits per heavy atom. The fourth-order valence-corrected chi connectivity index (χ4v) is 5.35. The van der Waals surface area contributed by atoms with Crippen LogP contribution in [-0.2, 0) is 27.7 Å².